The molecule has 64 valence electrons. The van der Waals surface area contributed by atoms with Gasteiger partial charge in [-0.2, -0.15) is 5.10 Å². The van der Waals surface area contributed by atoms with E-state index in [4.69, 9.17) is 6.42 Å². The quantitative estimate of drug-likeness (QED) is 0.559. The maximum atomic E-state index is 5.33. The zero-order chi connectivity index (χ0) is 9.42. The summed E-state index contributed by atoms with van der Waals surface area (Å²) in [5.41, 5.74) is 2.44. The Labute approximate surface area is 76.4 Å². The molecule has 0 saturated carbocycles. The molecular formula is C10H9N3. The number of fused-ring (bicyclic) bond motifs is 1. The molecule has 0 amide bonds. The van der Waals surface area contributed by atoms with Crippen molar-refractivity contribution in [3.63, 3.8) is 0 Å². The molecule has 2 heterocycles. The van der Waals surface area contributed by atoms with Gasteiger partial charge in [-0.3, -0.25) is 4.68 Å². The van der Waals surface area contributed by atoms with Gasteiger partial charge in [0.05, 0.1) is 5.69 Å². The topological polar surface area (TPSA) is 30.7 Å². The van der Waals surface area contributed by atoms with Gasteiger partial charge in [-0.25, -0.2) is 4.98 Å². The van der Waals surface area contributed by atoms with Crippen molar-refractivity contribution >= 4 is 11.0 Å². The van der Waals surface area contributed by atoms with Crippen LogP contribution in [-0.4, -0.2) is 14.8 Å². The number of nitrogens with zero attached hydrogens (tertiary/aromatic N) is 3. The lowest BCUT2D eigenvalue weighted by Crippen LogP contribution is -1.89. The monoisotopic (exact) mass is 171 g/mol. The Hall–Kier alpha value is -1.82. The molecule has 0 atom stereocenters. The number of aryl methyl sites for hydroxylation is 2. The normalized spacial score (nSPS) is 10.2. The van der Waals surface area contributed by atoms with Crippen molar-refractivity contribution in [2.24, 2.45) is 7.05 Å². The van der Waals surface area contributed by atoms with E-state index in [9.17, 15) is 0 Å². The van der Waals surface area contributed by atoms with Crippen LogP contribution in [0.5, 0.6) is 0 Å². The summed E-state index contributed by atoms with van der Waals surface area (Å²) < 4.78 is 1.73. The highest BCUT2D eigenvalue weighted by molar-refractivity contribution is 5.76. The summed E-state index contributed by atoms with van der Waals surface area (Å²) in [6.07, 6.45) is 7.24. The molecule has 2 aromatic heterocycles. The molecule has 0 bridgehead atoms. The molecule has 0 radical (unpaired) electrons. The first-order valence-electron chi connectivity index (χ1n) is 3.98. The summed E-state index contributed by atoms with van der Waals surface area (Å²) in [5.74, 6) is 2.60. The SMILES string of the molecule is C#Cc1cc2cn(C)nc2nc1C. The fourth-order valence-corrected chi connectivity index (χ4v) is 1.31. The molecular weight excluding hydrogens is 162 g/mol. The third-order valence-corrected chi connectivity index (χ3v) is 1.96. The molecule has 0 aliphatic heterocycles. The van der Waals surface area contributed by atoms with Crippen molar-refractivity contribution in [1.29, 1.82) is 0 Å². The van der Waals surface area contributed by atoms with Crippen LogP contribution < -0.4 is 0 Å². The number of aromatic nitrogens is 3. The first-order chi connectivity index (χ1) is 6.20. The van der Waals surface area contributed by atoms with Crippen LogP contribution in [0.2, 0.25) is 0 Å². The lowest BCUT2D eigenvalue weighted by Gasteiger charge is -1.95. The van der Waals surface area contributed by atoms with Crippen LogP contribution in [0.25, 0.3) is 11.0 Å². The maximum absolute atomic E-state index is 5.33. The van der Waals surface area contributed by atoms with Crippen LogP contribution in [0.4, 0.5) is 0 Å². The molecule has 0 aliphatic carbocycles. The van der Waals surface area contributed by atoms with Gasteiger partial charge in [0.2, 0.25) is 0 Å². The van der Waals surface area contributed by atoms with Crippen LogP contribution in [0.3, 0.4) is 0 Å². The van der Waals surface area contributed by atoms with Crippen molar-refractivity contribution in [1.82, 2.24) is 14.8 Å². The van der Waals surface area contributed by atoms with Gasteiger partial charge in [0.25, 0.3) is 0 Å². The summed E-state index contributed by atoms with van der Waals surface area (Å²) in [6, 6.07) is 1.94. The summed E-state index contributed by atoms with van der Waals surface area (Å²) in [7, 11) is 1.87. The Kier molecular flexibility index (Phi) is 1.56. The maximum Gasteiger partial charge on any atom is 0.181 e. The first-order valence-corrected chi connectivity index (χ1v) is 3.98. The molecule has 0 fully saturated rings. The number of pyridine rings is 1. The van der Waals surface area contributed by atoms with Gasteiger partial charge in [-0.15, -0.1) is 6.42 Å². The van der Waals surface area contributed by atoms with Crippen molar-refractivity contribution in [2.45, 2.75) is 6.92 Å². The molecule has 3 heteroatoms. The molecule has 13 heavy (non-hydrogen) atoms. The largest absolute Gasteiger partial charge is 0.273 e. The number of hydrogen-bond acceptors (Lipinski definition) is 2. The van der Waals surface area contributed by atoms with E-state index in [-0.39, 0.29) is 0 Å². The van der Waals surface area contributed by atoms with Gasteiger partial charge >= 0.3 is 0 Å². The standard InChI is InChI=1S/C10H9N3/c1-4-8-5-9-6-13(3)12-10(9)11-7(8)2/h1,5-6H,2-3H3. The second-order valence-electron chi connectivity index (χ2n) is 2.98. The molecule has 0 aliphatic rings. The zero-order valence-corrected chi connectivity index (χ0v) is 7.57. The van der Waals surface area contributed by atoms with Crippen molar-refractivity contribution < 1.29 is 0 Å². The van der Waals surface area contributed by atoms with E-state index in [1.807, 2.05) is 26.2 Å². The average Bonchev–Trinajstić information content (AvgIpc) is 2.42. The molecule has 2 rings (SSSR count). The lowest BCUT2D eigenvalue weighted by molar-refractivity contribution is 0.775. The average molecular weight is 171 g/mol. The van der Waals surface area contributed by atoms with Gasteiger partial charge in [-0.05, 0) is 13.0 Å². The lowest BCUT2D eigenvalue weighted by atomic mass is 10.2. The van der Waals surface area contributed by atoms with E-state index >= 15 is 0 Å². The Morgan fingerprint density at radius 3 is 3.00 bits per heavy atom. The highest BCUT2D eigenvalue weighted by Crippen LogP contribution is 2.13. The summed E-state index contributed by atoms with van der Waals surface area (Å²) in [6.45, 7) is 1.89. The summed E-state index contributed by atoms with van der Waals surface area (Å²) in [5, 5.41) is 5.17. The van der Waals surface area contributed by atoms with Crippen LogP contribution in [0, 0.1) is 19.3 Å². The Morgan fingerprint density at radius 2 is 2.31 bits per heavy atom. The molecule has 2 aromatic rings. The number of hydrogen-bond donors (Lipinski definition) is 0. The van der Waals surface area contributed by atoms with Crippen LogP contribution >= 0.6 is 0 Å². The predicted molar refractivity (Wildman–Crippen MR) is 51.2 cm³/mol. The van der Waals surface area contributed by atoms with Crippen LogP contribution in [0.1, 0.15) is 11.3 Å². The fraction of sp³-hybridized carbons (Fsp3) is 0.200. The first kappa shape index (κ1) is 7.81. The number of rotatable bonds is 0. The van der Waals surface area contributed by atoms with Crippen LogP contribution in [-0.2, 0) is 7.05 Å². The highest BCUT2D eigenvalue weighted by Gasteiger charge is 2.03. The molecule has 0 saturated heterocycles. The summed E-state index contributed by atoms with van der Waals surface area (Å²) in [4.78, 5) is 4.29. The predicted octanol–water partition coefficient (Wildman–Crippen LogP) is 1.26. The molecule has 0 N–H and O–H groups in total. The van der Waals surface area contributed by atoms with Gasteiger partial charge < -0.3 is 0 Å². The van der Waals surface area contributed by atoms with E-state index in [2.05, 4.69) is 16.0 Å². The van der Waals surface area contributed by atoms with Gasteiger partial charge in [-0.1, -0.05) is 5.92 Å². The molecule has 3 nitrogen and oxygen atoms in total. The minimum absolute atomic E-state index is 0.749. The third kappa shape index (κ3) is 1.17. The fourth-order valence-electron chi connectivity index (χ4n) is 1.31. The smallest absolute Gasteiger partial charge is 0.181 e. The van der Waals surface area contributed by atoms with Crippen molar-refractivity contribution in [2.75, 3.05) is 0 Å². The second-order valence-corrected chi connectivity index (χ2v) is 2.98. The van der Waals surface area contributed by atoms with E-state index in [1.54, 1.807) is 4.68 Å². The van der Waals surface area contributed by atoms with Gasteiger partial charge in [0.15, 0.2) is 5.65 Å². The Morgan fingerprint density at radius 1 is 1.54 bits per heavy atom. The Balaban J connectivity index is 2.82. The minimum Gasteiger partial charge on any atom is -0.273 e. The van der Waals surface area contributed by atoms with Crippen LogP contribution in [0.15, 0.2) is 12.3 Å². The molecule has 0 unspecified atom stereocenters. The van der Waals surface area contributed by atoms with E-state index in [0.29, 0.717) is 0 Å². The van der Waals surface area contributed by atoms with Gasteiger partial charge in [0.1, 0.15) is 0 Å². The van der Waals surface area contributed by atoms with E-state index < -0.39 is 0 Å². The third-order valence-electron chi connectivity index (χ3n) is 1.96. The highest BCUT2D eigenvalue weighted by atomic mass is 15.3. The minimum atomic E-state index is 0.749. The number of terminal acetylenes is 1. The van der Waals surface area contributed by atoms with Gasteiger partial charge in [0, 0.05) is 24.2 Å². The van der Waals surface area contributed by atoms with Crippen molar-refractivity contribution in [3.05, 3.63) is 23.5 Å². The second kappa shape index (κ2) is 2.60. The zero-order valence-electron chi connectivity index (χ0n) is 7.57. The van der Waals surface area contributed by atoms with Crippen molar-refractivity contribution in [3.8, 4) is 12.3 Å². The summed E-state index contributed by atoms with van der Waals surface area (Å²) >= 11 is 0. The Bertz CT molecular complexity index is 503. The van der Waals surface area contributed by atoms with E-state index in [1.165, 1.54) is 0 Å². The molecule has 0 aromatic carbocycles. The molecule has 0 spiro atoms. The van der Waals surface area contributed by atoms with E-state index in [0.717, 1.165) is 22.3 Å².